The lowest BCUT2D eigenvalue weighted by molar-refractivity contribution is -0.137. The number of aromatic nitrogens is 1. The Hall–Kier alpha value is -3.80. The van der Waals surface area contributed by atoms with Gasteiger partial charge in [-0.2, -0.15) is 26.3 Å². The fourth-order valence-electron chi connectivity index (χ4n) is 4.54. The lowest BCUT2D eigenvalue weighted by Gasteiger charge is -2.19. The lowest BCUT2D eigenvalue weighted by Crippen LogP contribution is -2.36. The monoisotopic (exact) mass is 566 g/mol. The van der Waals surface area contributed by atoms with Gasteiger partial charge < -0.3 is 14.6 Å². The molecular weight excluding hydrogens is 546 g/mol. The minimum absolute atomic E-state index is 0.0317. The molecule has 1 saturated carbocycles. The molecule has 0 aliphatic heterocycles. The standard InChI is InChI=1S/C27H20F6N2O3S/c1-38-24(37)16-4-8-17(9-5-16)25(11-12-25)34-23(36)20-21-19(39-22(20)27(31,32)33)10-13-35(21)14-15-2-6-18(7-3-15)26(28,29)30/h2-10,13H,11-12,14H2,1H3,(H,34,36). The second-order valence-electron chi connectivity index (χ2n) is 9.26. The van der Waals surface area contributed by atoms with Crippen LogP contribution in [0.4, 0.5) is 26.3 Å². The second kappa shape index (κ2) is 9.44. The van der Waals surface area contributed by atoms with E-state index in [1.807, 2.05) is 0 Å². The van der Waals surface area contributed by atoms with Crippen LogP contribution in [0.25, 0.3) is 10.2 Å². The summed E-state index contributed by atoms with van der Waals surface area (Å²) in [5.74, 6) is -1.45. The number of nitrogens with zero attached hydrogens (tertiary/aromatic N) is 1. The average Bonchev–Trinajstić information content (AvgIpc) is 3.39. The predicted octanol–water partition coefficient (Wildman–Crippen LogP) is 6.99. The number of ether oxygens (including phenoxy) is 1. The fourth-order valence-corrected chi connectivity index (χ4v) is 5.61. The fraction of sp³-hybridized carbons (Fsp3) is 0.259. The highest BCUT2D eigenvalue weighted by Crippen LogP contribution is 2.48. The number of nitrogens with one attached hydrogen (secondary N) is 1. The molecule has 1 amide bonds. The zero-order valence-corrected chi connectivity index (χ0v) is 21.1. The number of halogens is 6. The molecule has 4 aromatic rings. The van der Waals surface area contributed by atoms with E-state index < -0.39 is 45.8 Å². The molecule has 0 bridgehead atoms. The van der Waals surface area contributed by atoms with Crippen LogP contribution in [0.5, 0.6) is 0 Å². The molecule has 0 saturated heterocycles. The first kappa shape index (κ1) is 26.8. The van der Waals surface area contributed by atoms with Crippen LogP contribution in [-0.2, 0) is 29.2 Å². The second-order valence-corrected chi connectivity index (χ2v) is 10.3. The van der Waals surface area contributed by atoms with Gasteiger partial charge >= 0.3 is 18.3 Å². The molecule has 1 fully saturated rings. The van der Waals surface area contributed by atoms with E-state index in [0.29, 0.717) is 40.9 Å². The minimum atomic E-state index is -4.80. The summed E-state index contributed by atoms with van der Waals surface area (Å²) in [5.41, 5.74) is -0.831. The quantitative estimate of drug-likeness (QED) is 0.202. The Balaban J connectivity index is 1.48. The third-order valence-electron chi connectivity index (χ3n) is 6.68. The maximum atomic E-state index is 14.0. The summed E-state index contributed by atoms with van der Waals surface area (Å²) in [7, 11) is 1.24. The van der Waals surface area contributed by atoms with Crippen LogP contribution in [0.2, 0.25) is 0 Å². The Morgan fingerprint density at radius 3 is 2.13 bits per heavy atom. The molecule has 2 aromatic carbocycles. The molecule has 0 radical (unpaired) electrons. The van der Waals surface area contributed by atoms with E-state index in [4.69, 9.17) is 0 Å². The van der Waals surface area contributed by atoms with Crippen molar-refractivity contribution in [3.8, 4) is 0 Å². The van der Waals surface area contributed by atoms with Crippen molar-refractivity contribution in [1.82, 2.24) is 9.88 Å². The Morgan fingerprint density at radius 1 is 0.949 bits per heavy atom. The van der Waals surface area contributed by atoms with Crippen molar-refractivity contribution in [3.63, 3.8) is 0 Å². The highest BCUT2D eigenvalue weighted by atomic mass is 32.1. The summed E-state index contributed by atoms with van der Waals surface area (Å²) in [5, 5.41) is 2.77. The smallest absolute Gasteiger partial charge is 0.426 e. The maximum absolute atomic E-state index is 14.0. The van der Waals surface area contributed by atoms with Crippen molar-refractivity contribution in [2.75, 3.05) is 7.11 Å². The largest absolute Gasteiger partial charge is 0.465 e. The number of methoxy groups -OCH3 is 1. The van der Waals surface area contributed by atoms with Crippen molar-refractivity contribution in [2.24, 2.45) is 0 Å². The van der Waals surface area contributed by atoms with Gasteiger partial charge in [0.15, 0.2) is 0 Å². The Kier molecular flexibility index (Phi) is 6.48. The molecule has 0 atom stereocenters. The molecule has 1 N–H and O–H groups in total. The SMILES string of the molecule is COC(=O)c1ccc(C2(NC(=O)c3c(C(F)(F)F)sc4ccn(Cc5ccc(C(F)(F)F)cc5)c34)CC2)cc1. The number of benzene rings is 2. The van der Waals surface area contributed by atoms with E-state index >= 15 is 0 Å². The molecule has 5 nitrogen and oxygen atoms in total. The molecule has 0 unspecified atom stereocenters. The summed E-state index contributed by atoms with van der Waals surface area (Å²) >= 11 is 0.439. The molecule has 1 aliphatic carbocycles. The summed E-state index contributed by atoms with van der Waals surface area (Å²) in [4.78, 5) is 24.2. The molecule has 39 heavy (non-hydrogen) atoms. The van der Waals surface area contributed by atoms with Crippen LogP contribution in [0.15, 0.2) is 60.8 Å². The highest BCUT2D eigenvalue weighted by molar-refractivity contribution is 7.19. The molecule has 0 spiro atoms. The van der Waals surface area contributed by atoms with Crippen molar-refractivity contribution < 1.29 is 40.7 Å². The van der Waals surface area contributed by atoms with Gasteiger partial charge in [0, 0.05) is 12.7 Å². The number of carbonyl (C=O) groups excluding carboxylic acids is 2. The normalized spacial score (nSPS) is 14.8. The van der Waals surface area contributed by atoms with E-state index in [9.17, 15) is 35.9 Å². The molecule has 204 valence electrons. The van der Waals surface area contributed by atoms with Crippen LogP contribution in [-0.4, -0.2) is 23.6 Å². The number of hydrogen-bond donors (Lipinski definition) is 1. The minimum Gasteiger partial charge on any atom is -0.465 e. The molecule has 12 heteroatoms. The number of rotatable bonds is 6. The van der Waals surface area contributed by atoms with Crippen LogP contribution < -0.4 is 5.32 Å². The number of thiophene rings is 1. The van der Waals surface area contributed by atoms with Crippen molar-refractivity contribution in [3.05, 3.63) is 93.5 Å². The van der Waals surface area contributed by atoms with E-state index in [0.717, 1.165) is 12.1 Å². The van der Waals surface area contributed by atoms with E-state index in [1.165, 1.54) is 48.2 Å². The summed E-state index contributed by atoms with van der Waals surface area (Å²) in [6.45, 7) is -0.0317. The van der Waals surface area contributed by atoms with E-state index in [-0.39, 0.29) is 16.8 Å². The molecular formula is C27H20F6N2O3S. The van der Waals surface area contributed by atoms with Crippen LogP contribution in [0.3, 0.4) is 0 Å². The number of esters is 1. The Morgan fingerprint density at radius 2 is 1.59 bits per heavy atom. The highest BCUT2D eigenvalue weighted by Gasteiger charge is 2.48. The molecule has 2 aromatic heterocycles. The van der Waals surface area contributed by atoms with Crippen LogP contribution >= 0.6 is 11.3 Å². The van der Waals surface area contributed by atoms with Gasteiger partial charge in [0.2, 0.25) is 0 Å². The molecule has 2 heterocycles. The first-order valence-electron chi connectivity index (χ1n) is 11.7. The van der Waals surface area contributed by atoms with Crippen LogP contribution in [0.1, 0.15) is 55.1 Å². The van der Waals surface area contributed by atoms with Crippen molar-refractivity contribution in [2.45, 2.75) is 37.3 Å². The van der Waals surface area contributed by atoms with E-state index in [2.05, 4.69) is 10.1 Å². The average molecular weight is 567 g/mol. The third-order valence-corrected chi connectivity index (χ3v) is 7.87. The van der Waals surface area contributed by atoms with Gasteiger partial charge in [0.05, 0.1) is 39.6 Å². The maximum Gasteiger partial charge on any atom is 0.426 e. The summed E-state index contributed by atoms with van der Waals surface area (Å²) in [6, 6.07) is 12.1. The van der Waals surface area contributed by atoms with Crippen LogP contribution in [0, 0.1) is 0 Å². The van der Waals surface area contributed by atoms with Crippen molar-refractivity contribution >= 4 is 33.4 Å². The molecule has 1 aliphatic rings. The van der Waals surface area contributed by atoms with Gasteiger partial charge in [-0.05, 0) is 54.3 Å². The van der Waals surface area contributed by atoms with E-state index in [1.54, 1.807) is 12.1 Å². The number of amides is 1. The number of hydrogen-bond acceptors (Lipinski definition) is 4. The Labute approximate surface area is 222 Å². The molecule has 5 rings (SSSR count). The van der Waals surface area contributed by atoms with Gasteiger partial charge in [-0.1, -0.05) is 24.3 Å². The predicted molar refractivity (Wildman–Crippen MR) is 132 cm³/mol. The van der Waals surface area contributed by atoms with Gasteiger partial charge in [0.1, 0.15) is 4.88 Å². The number of fused-ring (bicyclic) bond motifs is 1. The topological polar surface area (TPSA) is 60.3 Å². The first-order chi connectivity index (χ1) is 18.3. The third kappa shape index (κ3) is 5.12. The van der Waals surface area contributed by atoms with Crippen molar-refractivity contribution in [1.29, 1.82) is 0 Å². The number of carbonyl (C=O) groups is 2. The van der Waals surface area contributed by atoms with Gasteiger partial charge in [-0.25, -0.2) is 4.79 Å². The Bertz CT molecular complexity index is 1550. The zero-order valence-electron chi connectivity index (χ0n) is 20.2. The number of alkyl halides is 6. The first-order valence-corrected chi connectivity index (χ1v) is 12.5. The van der Waals surface area contributed by atoms with Gasteiger partial charge in [0.25, 0.3) is 5.91 Å². The lowest BCUT2D eigenvalue weighted by atomic mass is 10.0. The van der Waals surface area contributed by atoms with Gasteiger partial charge in [-0.3, -0.25) is 4.79 Å². The van der Waals surface area contributed by atoms with Gasteiger partial charge in [-0.15, -0.1) is 11.3 Å². The zero-order chi connectivity index (χ0) is 28.2. The summed E-state index contributed by atoms with van der Waals surface area (Å²) in [6.07, 6.45) is -6.81. The summed E-state index contributed by atoms with van der Waals surface area (Å²) < 4.78 is 87.2.